The topological polar surface area (TPSA) is 37.3 Å². The Kier molecular flexibility index (Phi) is 19.9. The molecule has 0 fully saturated rings. The van der Waals surface area contributed by atoms with Gasteiger partial charge in [0.15, 0.2) is 0 Å². The molecular weight excluding hydrogens is 258 g/mol. The van der Waals surface area contributed by atoms with Crippen LogP contribution in [0.15, 0.2) is 0 Å². The van der Waals surface area contributed by atoms with Crippen LogP contribution < -0.4 is 0 Å². The van der Waals surface area contributed by atoms with E-state index in [2.05, 4.69) is 0 Å². The van der Waals surface area contributed by atoms with Crippen molar-refractivity contribution in [3.05, 3.63) is 0 Å². The Morgan fingerprint density at radius 1 is 1.75 bits per heavy atom. The zero-order chi connectivity index (χ0) is 2.71. The van der Waals surface area contributed by atoms with E-state index in [-0.39, 0.29) is 25.8 Å². The van der Waals surface area contributed by atoms with Gasteiger partial charge >= 0.3 is 26.5 Å². The maximum absolute atomic E-state index is 8.61. The average Bonchev–Trinajstić information content (AvgIpc) is 0.918. The third-order valence-electron chi connectivity index (χ3n) is 0. The first kappa shape index (κ1) is 9.02. The van der Waals surface area contributed by atoms with Crippen molar-refractivity contribution in [1.82, 2.24) is 0 Å². The molecule has 0 saturated carbocycles. The Morgan fingerprint density at radius 2 is 1.75 bits per heavy atom. The molecule has 0 aliphatic carbocycles. The van der Waals surface area contributed by atoms with Gasteiger partial charge in [0.25, 0.3) is 0 Å². The van der Waals surface area contributed by atoms with Gasteiger partial charge in [-0.25, -0.2) is 0 Å². The van der Waals surface area contributed by atoms with E-state index in [0.717, 1.165) is 0 Å². The number of hydrogen-bond donors (Lipinski definition) is 1. The van der Waals surface area contributed by atoms with Crippen LogP contribution in [0.3, 0.4) is 0 Å². The molecule has 0 rings (SSSR count). The van der Waals surface area contributed by atoms with E-state index in [1.807, 2.05) is 0 Å². The molecule has 0 unspecified atom stereocenters. The van der Waals surface area contributed by atoms with E-state index in [1.165, 1.54) is 0 Å². The molecule has 21 valence electrons. The van der Waals surface area contributed by atoms with Crippen molar-refractivity contribution in [3.63, 3.8) is 0 Å². The molecule has 0 aromatic rings. The van der Waals surface area contributed by atoms with Gasteiger partial charge in [-0.15, -0.1) is 0 Å². The summed E-state index contributed by atoms with van der Waals surface area (Å²) in [5.74, 6) is 0. The second kappa shape index (κ2) is 8.84. The number of rotatable bonds is 0. The Balaban J connectivity index is 0. The molecule has 4 heteroatoms. The molecule has 0 radical (unpaired) electrons. The minimum absolute atomic E-state index is 0. The fourth-order valence-corrected chi connectivity index (χ4v) is 0. The van der Waals surface area contributed by atoms with Crippen LogP contribution in [0.2, 0.25) is 0 Å². The van der Waals surface area contributed by atoms with Crippen molar-refractivity contribution in [1.29, 1.82) is 0 Å². The summed E-state index contributed by atoms with van der Waals surface area (Å²) in [6.07, 6.45) is 0. The van der Waals surface area contributed by atoms with Crippen molar-refractivity contribution in [2.75, 3.05) is 0 Å². The van der Waals surface area contributed by atoms with Crippen LogP contribution in [0.25, 0.3) is 0 Å². The van der Waals surface area contributed by atoms with Gasteiger partial charge in [0.05, 0.1) is 0 Å². The van der Waals surface area contributed by atoms with Gasteiger partial charge in [-0.1, -0.05) is 0 Å². The molecule has 0 atom stereocenters. The Morgan fingerprint density at radius 3 is 1.75 bits per heavy atom. The van der Waals surface area contributed by atoms with Crippen LogP contribution in [0.4, 0.5) is 0 Å². The second-order valence-electron chi connectivity index (χ2n) is 0.0913. The molecule has 0 spiro atoms. The van der Waals surface area contributed by atoms with Crippen molar-refractivity contribution in [2.24, 2.45) is 0 Å². The summed E-state index contributed by atoms with van der Waals surface area (Å²) in [6, 6.07) is 0. The van der Waals surface area contributed by atoms with E-state index >= 15 is 0 Å². The normalized spacial score (nSPS) is 2.25. The molecule has 0 amide bonds. The molecule has 0 bridgehead atoms. The molecule has 0 aromatic heterocycles. The average molecular weight is 259 g/mol. The van der Waals surface area contributed by atoms with Crippen LogP contribution in [0.1, 0.15) is 0 Å². The van der Waals surface area contributed by atoms with Gasteiger partial charge < -0.3 is 0 Å². The fraction of sp³-hybridized carbons (Fsp3) is 0. The summed E-state index contributed by atoms with van der Waals surface area (Å²) in [5.41, 5.74) is 0. The molecular formula is HHfO2Ti. The van der Waals surface area contributed by atoms with E-state index in [1.54, 1.807) is 0 Å². The summed E-state index contributed by atoms with van der Waals surface area (Å²) in [7, 11) is 0. The molecule has 0 aliphatic rings. The Bertz CT molecular complexity index is 13.5. The van der Waals surface area contributed by atoms with Crippen molar-refractivity contribution in [3.8, 4) is 0 Å². The first-order valence-corrected chi connectivity index (χ1v) is 1.76. The Labute approximate surface area is 52.1 Å². The van der Waals surface area contributed by atoms with E-state index in [0.29, 0.717) is 0 Å². The zero-order valence-electron chi connectivity index (χ0n) is 1.86. The third-order valence-corrected chi connectivity index (χ3v) is 0. The van der Waals surface area contributed by atoms with Crippen LogP contribution in [-0.4, -0.2) is 3.69 Å². The Hall–Kier alpha value is 1.34. The second-order valence-corrected chi connectivity index (χ2v) is 0.376. The van der Waals surface area contributed by atoms with Gasteiger partial charge in [-0.2, -0.15) is 0 Å². The van der Waals surface area contributed by atoms with Gasteiger partial charge in [0, 0.05) is 25.8 Å². The SMILES string of the molecule is [Hf].[O]=[Ti][OH]. The van der Waals surface area contributed by atoms with Crippen LogP contribution in [0, 0.1) is 0 Å². The molecule has 2 nitrogen and oxygen atoms in total. The zero-order valence-corrected chi connectivity index (χ0v) is 7.01. The van der Waals surface area contributed by atoms with Gasteiger partial charge in [-0.05, 0) is 0 Å². The fourth-order valence-electron chi connectivity index (χ4n) is 0. The van der Waals surface area contributed by atoms with Crippen molar-refractivity contribution in [2.45, 2.75) is 0 Å². The molecule has 0 saturated heterocycles. The summed E-state index contributed by atoms with van der Waals surface area (Å²) in [4.78, 5) is 0. The van der Waals surface area contributed by atoms with Crippen molar-refractivity contribution < 1.29 is 52.4 Å². The first-order chi connectivity index (χ1) is 1.41. The summed E-state index contributed by atoms with van der Waals surface area (Å²) >= 11 is -1.75. The predicted molar refractivity (Wildman–Crippen MR) is 2.91 cm³/mol. The van der Waals surface area contributed by atoms with Crippen molar-refractivity contribution >= 4 is 0 Å². The molecule has 0 aliphatic heterocycles. The minimum atomic E-state index is -1.75. The van der Waals surface area contributed by atoms with E-state index in [9.17, 15) is 0 Å². The molecule has 1 N–H and O–H groups in total. The first-order valence-electron chi connectivity index (χ1n) is 0.428. The van der Waals surface area contributed by atoms with Gasteiger partial charge in [-0.3, -0.25) is 0 Å². The quantitative estimate of drug-likeness (QED) is 0.585. The number of hydrogen-bond acceptors (Lipinski definition) is 1. The molecule has 4 heavy (non-hydrogen) atoms. The predicted octanol–water partition coefficient (Wildman–Crippen LogP) is -0.681. The summed E-state index contributed by atoms with van der Waals surface area (Å²) < 4.78 is 15.8. The van der Waals surface area contributed by atoms with E-state index < -0.39 is 19.5 Å². The standard InChI is InChI=1S/Hf.H2O.O.Ti/h;1H2;;/q;;;+1/p-1. The summed E-state index contributed by atoms with van der Waals surface area (Å²) in [5, 5.41) is 0. The van der Waals surface area contributed by atoms with Gasteiger partial charge in [0.2, 0.25) is 0 Å². The third kappa shape index (κ3) is 10.2. The molecule has 0 aromatic carbocycles. The van der Waals surface area contributed by atoms with Crippen LogP contribution >= 0.6 is 0 Å². The molecule has 0 heterocycles. The summed E-state index contributed by atoms with van der Waals surface area (Å²) in [6.45, 7) is 0. The maximum atomic E-state index is 8.61. The van der Waals surface area contributed by atoms with Gasteiger partial charge in [0.1, 0.15) is 0 Å². The van der Waals surface area contributed by atoms with E-state index in [4.69, 9.17) is 7.01 Å². The monoisotopic (exact) mass is 261 g/mol. The van der Waals surface area contributed by atoms with Crippen LogP contribution in [0.5, 0.6) is 0 Å². The van der Waals surface area contributed by atoms with Crippen LogP contribution in [-0.2, 0) is 48.7 Å².